The van der Waals surface area contributed by atoms with Gasteiger partial charge in [0.2, 0.25) is 5.82 Å². The number of nitrogens with zero attached hydrogens (tertiary/aromatic N) is 2. The molecule has 30 heavy (non-hydrogen) atoms. The molecule has 0 atom stereocenters. The lowest BCUT2D eigenvalue weighted by Crippen LogP contribution is -2.15. The minimum absolute atomic E-state index is 0.0108. The lowest BCUT2D eigenvalue weighted by molar-refractivity contribution is 0.292. The molecule has 0 aliphatic carbocycles. The van der Waals surface area contributed by atoms with Gasteiger partial charge in [-0.3, -0.25) is 4.72 Å². The molecule has 0 saturated carbocycles. The van der Waals surface area contributed by atoms with Crippen LogP contribution in [0.2, 0.25) is 5.02 Å². The molecule has 0 amide bonds. The lowest BCUT2D eigenvalue weighted by atomic mass is 10.2. The molecule has 1 heterocycles. The summed E-state index contributed by atoms with van der Waals surface area (Å²) in [7, 11) is -0.832. The van der Waals surface area contributed by atoms with Crippen LogP contribution in [0, 0.1) is 0 Å². The third-order valence-electron chi connectivity index (χ3n) is 3.89. The second kappa shape index (κ2) is 9.50. The van der Waals surface area contributed by atoms with Gasteiger partial charge < -0.3 is 14.2 Å². The molecule has 0 fully saturated rings. The fourth-order valence-corrected chi connectivity index (χ4v) is 3.84. The van der Waals surface area contributed by atoms with Crippen LogP contribution in [0.1, 0.15) is 5.56 Å². The maximum absolute atomic E-state index is 12.7. The largest absolute Gasteiger partial charge is 0.493 e. The molecule has 0 unspecified atom stereocenters. The Kier molecular flexibility index (Phi) is 7.01. The molecule has 11 heteroatoms. The average molecular weight is 515 g/mol. The Balaban J connectivity index is 1.83. The number of hydrogen-bond donors (Lipinski definition) is 1. The molecule has 1 aromatic heterocycles. The molecule has 3 rings (SSSR count). The van der Waals surface area contributed by atoms with E-state index in [1.165, 1.54) is 37.6 Å². The summed E-state index contributed by atoms with van der Waals surface area (Å²) < 4.78 is 44.3. The Bertz CT molecular complexity index is 1140. The number of benzene rings is 2. The quantitative estimate of drug-likeness (QED) is 0.479. The van der Waals surface area contributed by atoms with Gasteiger partial charge in [0.25, 0.3) is 15.9 Å². The Morgan fingerprint density at radius 1 is 1.07 bits per heavy atom. The van der Waals surface area contributed by atoms with Gasteiger partial charge in [0.05, 0.1) is 25.3 Å². The van der Waals surface area contributed by atoms with Crippen molar-refractivity contribution in [2.75, 3.05) is 18.9 Å². The van der Waals surface area contributed by atoms with Gasteiger partial charge in [-0.05, 0) is 57.9 Å². The van der Waals surface area contributed by atoms with Crippen molar-refractivity contribution in [3.8, 4) is 17.4 Å². The highest BCUT2D eigenvalue weighted by molar-refractivity contribution is 9.10. The van der Waals surface area contributed by atoms with Crippen LogP contribution in [0.3, 0.4) is 0 Å². The van der Waals surface area contributed by atoms with Crippen molar-refractivity contribution < 1.29 is 22.6 Å². The predicted octanol–water partition coefficient (Wildman–Crippen LogP) is 4.29. The zero-order chi connectivity index (χ0) is 21.7. The fourth-order valence-electron chi connectivity index (χ4n) is 2.44. The second-order valence-electron chi connectivity index (χ2n) is 5.88. The van der Waals surface area contributed by atoms with E-state index in [0.29, 0.717) is 21.1 Å². The number of methoxy groups -OCH3 is 2. The van der Waals surface area contributed by atoms with Gasteiger partial charge in [0.15, 0.2) is 11.5 Å². The van der Waals surface area contributed by atoms with Gasteiger partial charge in [0, 0.05) is 5.02 Å². The third-order valence-corrected chi connectivity index (χ3v) is 5.88. The Hall–Kier alpha value is -2.56. The van der Waals surface area contributed by atoms with Crippen LogP contribution in [0.5, 0.6) is 17.4 Å². The first-order chi connectivity index (χ1) is 14.3. The van der Waals surface area contributed by atoms with Crippen molar-refractivity contribution in [1.82, 2.24) is 9.97 Å². The van der Waals surface area contributed by atoms with E-state index in [1.54, 1.807) is 25.3 Å². The zero-order valence-electron chi connectivity index (χ0n) is 15.9. The Labute approximate surface area is 187 Å². The summed E-state index contributed by atoms with van der Waals surface area (Å²) in [4.78, 5) is 8.30. The maximum atomic E-state index is 12.7. The normalized spacial score (nSPS) is 11.1. The number of sulfonamides is 1. The molecule has 2 aromatic carbocycles. The number of nitrogens with one attached hydrogen (secondary N) is 1. The van der Waals surface area contributed by atoms with Crippen molar-refractivity contribution in [1.29, 1.82) is 0 Å². The summed E-state index contributed by atoms with van der Waals surface area (Å²) in [5.41, 5.74) is 0.765. The van der Waals surface area contributed by atoms with Crippen LogP contribution >= 0.6 is 27.5 Å². The predicted molar refractivity (Wildman–Crippen MR) is 116 cm³/mol. The summed E-state index contributed by atoms with van der Waals surface area (Å²) >= 11 is 9.04. The standard InChI is InChI=1S/C19H17BrClN3O5S/c1-27-15-8-3-12(9-16(15)28-2)11-29-19-18(22-10-17(20)23-19)24-30(25,26)14-6-4-13(21)5-7-14/h3-10H,11H2,1-2H3,(H,22,24). The number of anilines is 1. The van der Waals surface area contributed by atoms with Crippen LogP contribution in [0.4, 0.5) is 5.82 Å². The highest BCUT2D eigenvalue weighted by Gasteiger charge is 2.19. The van der Waals surface area contributed by atoms with Crippen LogP contribution in [0.25, 0.3) is 0 Å². The third kappa shape index (κ3) is 5.32. The Morgan fingerprint density at radius 2 is 1.77 bits per heavy atom. The van der Waals surface area contributed by atoms with Gasteiger partial charge in [-0.1, -0.05) is 17.7 Å². The van der Waals surface area contributed by atoms with Crippen molar-refractivity contribution in [2.45, 2.75) is 11.5 Å². The molecule has 0 aliphatic rings. The SMILES string of the molecule is COc1ccc(COc2nc(Br)cnc2NS(=O)(=O)c2ccc(Cl)cc2)cc1OC. The fraction of sp³-hybridized carbons (Fsp3) is 0.158. The molecule has 1 N–H and O–H groups in total. The number of aromatic nitrogens is 2. The van der Waals surface area contributed by atoms with Gasteiger partial charge >= 0.3 is 0 Å². The van der Waals surface area contributed by atoms with Crippen LogP contribution in [-0.2, 0) is 16.6 Å². The van der Waals surface area contributed by atoms with E-state index in [-0.39, 0.29) is 23.2 Å². The number of rotatable bonds is 8. The lowest BCUT2D eigenvalue weighted by Gasteiger charge is -2.13. The molecule has 0 bridgehead atoms. The van der Waals surface area contributed by atoms with E-state index in [1.807, 2.05) is 0 Å². The highest BCUT2D eigenvalue weighted by Crippen LogP contribution is 2.29. The number of halogens is 2. The number of hydrogen-bond acceptors (Lipinski definition) is 7. The van der Waals surface area contributed by atoms with Crippen molar-refractivity contribution in [3.63, 3.8) is 0 Å². The minimum Gasteiger partial charge on any atom is -0.493 e. The summed E-state index contributed by atoms with van der Waals surface area (Å²) in [6, 6.07) is 11.0. The van der Waals surface area contributed by atoms with E-state index < -0.39 is 10.0 Å². The minimum atomic E-state index is -3.91. The number of ether oxygens (including phenoxy) is 3. The monoisotopic (exact) mass is 513 g/mol. The smallest absolute Gasteiger partial charge is 0.263 e. The average Bonchev–Trinajstić information content (AvgIpc) is 2.73. The van der Waals surface area contributed by atoms with Crippen molar-refractivity contribution in [2.24, 2.45) is 0 Å². The topological polar surface area (TPSA) is 99.6 Å². The maximum Gasteiger partial charge on any atom is 0.263 e. The molecule has 158 valence electrons. The van der Waals surface area contributed by atoms with Crippen molar-refractivity contribution in [3.05, 3.63) is 63.9 Å². The van der Waals surface area contributed by atoms with E-state index in [0.717, 1.165) is 5.56 Å². The van der Waals surface area contributed by atoms with E-state index in [9.17, 15) is 8.42 Å². The van der Waals surface area contributed by atoms with E-state index in [2.05, 4.69) is 30.6 Å². The van der Waals surface area contributed by atoms with Gasteiger partial charge in [-0.2, -0.15) is 0 Å². The summed E-state index contributed by atoms with van der Waals surface area (Å²) in [6.45, 7) is 0.0984. The van der Waals surface area contributed by atoms with Gasteiger partial charge in [-0.25, -0.2) is 18.4 Å². The summed E-state index contributed by atoms with van der Waals surface area (Å²) in [6.07, 6.45) is 1.36. The summed E-state index contributed by atoms with van der Waals surface area (Å²) in [5, 5.41) is 0.427. The molecule has 0 spiro atoms. The molecule has 0 saturated heterocycles. The first kappa shape index (κ1) is 22.1. The van der Waals surface area contributed by atoms with Crippen LogP contribution < -0.4 is 18.9 Å². The molecular formula is C19H17BrClN3O5S. The van der Waals surface area contributed by atoms with Crippen LogP contribution in [0.15, 0.2) is 58.2 Å². The highest BCUT2D eigenvalue weighted by atomic mass is 79.9. The molecule has 0 aliphatic heterocycles. The molecule has 8 nitrogen and oxygen atoms in total. The van der Waals surface area contributed by atoms with E-state index in [4.69, 9.17) is 25.8 Å². The first-order valence-electron chi connectivity index (χ1n) is 8.47. The van der Waals surface area contributed by atoms with Crippen molar-refractivity contribution >= 4 is 43.4 Å². The van der Waals surface area contributed by atoms with Gasteiger partial charge in [-0.15, -0.1) is 0 Å². The molecule has 3 aromatic rings. The molecule has 0 radical (unpaired) electrons. The molecular weight excluding hydrogens is 498 g/mol. The first-order valence-corrected chi connectivity index (χ1v) is 11.1. The van der Waals surface area contributed by atoms with Gasteiger partial charge in [0.1, 0.15) is 11.2 Å². The Morgan fingerprint density at radius 3 is 2.43 bits per heavy atom. The van der Waals surface area contributed by atoms with Crippen LogP contribution in [-0.4, -0.2) is 32.6 Å². The van der Waals surface area contributed by atoms with E-state index >= 15 is 0 Å². The summed E-state index contributed by atoms with van der Waals surface area (Å²) in [5.74, 6) is 1.09. The zero-order valence-corrected chi connectivity index (χ0v) is 19.1. The second-order valence-corrected chi connectivity index (χ2v) is 8.82.